The second kappa shape index (κ2) is 6.18. The molecule has 2 rings (SSSR count). The van der Waals surface area contributed by atoms with E-state index in [1.165, 1.54) is 0 Å². The maximum absolute atomic E-state index is 12.0. The van der Waals surface area contributed by atoms with Gasteiger partial charge in [-0.05, 0) is 26.8 Å². The molecule has 0 saturated carbocycles. The molecular formula is C15H17N5O. The average molecular weight is 283 g/mol. The Kier molecular flexibility index (Phi) is 4.33. The summed E-state index contributed by atoms with van der Waals surface area (Å²) in [4.78, 5) is 12.0. The zero-order valence-corrected chi connectivity index (χ0v) is 12.2. The standard InChI is InChI=1S/C15H17N5O/c1-9(2)17-15(21)10(3)18-14-11-6-4-5-7-12(11)19-20-13(14)8-16/h4-7,9-10H,1-3H3,(H,17,21)(H,18,19). The van der Waals surface area contributed by atoms with Crippen molar-refractivity contribution in [2.24, 2.45) is 0 Å². The SMILES string of the molecule is CC(C)NC(=O)C(C)Nc1c(C#N)nnc2ccccc12. The minimum Gasteiger partial charge on any atom is -0.371 e. The summed E-state index contributed by atoms with van der Waals surface area (Å²) in [5.74, 6) is -0.130. The van der Waals surface area contributed by atoms with Gasteiger partial charge in [0.05, 0.1) is 11.2 Å². The Hall–Kier alpha value is -2.68. The smallest absolute Gasteiger partial charge is 0.242 e. The van der Waals surface area contributed by atoms with Crippen LogP contribution in [0.3, 0.4) is 0 Å². The lowest BCUT2D eigenvalue weighted by molar-refractivity contribution is -0.122. The maximum atomic E-state index is 12.0. The van der Waals surface area contributed by atoms with E-state index in [4.69, 9.17) is 0 Å². The van der Waals surface area contributed by atoms with Gasteiger partial charge in [-0.3, -0.25) is 4.79 Å². The molecule has 0 fully saturated rings. The van der Waals surface area contributed by atoms with Crippen LogP contribution < -0.4 is 10.6 Å². The Balaban J connectivity index is 2.37. The van der Waals surface area contributed by atoms with Crippen LogP contribution in [0, 0.1) is 11.3 Å². The van der Waals surface area contributed by atoms with Crippen LogP contribution in [-0.2, 0) is 4.79 Å². The summed E-state index contributed by atoms with van der Waals surface area (Å²) in [5.41, 5.74) is 1.39. The molecule has 0 bridgehead atoms. The summed E-state index contributed by atoms with van der Waals surface area (Å²) in [5, 5.41) is 23.7. The van der Waals surface area contributed by atoms with Crippen molar-refractivity contribution in [3.8, 4) is 6.07 Å². The molecule has 1 unspecified atom stereocenters. The molecule has 2 N–H and O–H groups in total. The predicted molar refractivity (Wildman–Crippen MR) is 80.6 cm³/mol. The highest BCUT2D eigenvalue weighted by Crippen LogP contribution is 2.24. The molecule has 1 heterocycles. The Morgan fingerprint density at radius 3 is 2.62 bits per heavy atom. The van der Waals surface area contributed by atoms with Gasteiger partial charge >= 0.3 is 0 Å². The van der Waals surface area contributed by atoms with Crippen molar-refractivity contribution in [2.75, 3.05) is 5.32 Å². The first-order valence-corrected chi connectivity index (χ1v) is 6.75. The maximum Gasteiger partial charge on any atom is 0.242 e. The minimum atomic E-state index is -0.480. The largest absolute Gasteiger partial charge is 0.371 e. The van der Waals surface area contributed by atoms with E-state index in [-0.39, 0.29) is 17.6 Å². The molecule has 0 aliphatic carbocycles. The van der Waals surface area contributed by atoms with Gasteiger partial charge in [0.15, 0.2) is 5.69 Å². The highest BCUT2D eigenvalue weighted by atomic mass is 16.2. The lowest BCUT2D eigenvalue weighted by atomic mass is 10.1. The molecule has 0 saturated heterocycles. The van der Waals surface area contributed by atoms with E-state index in [1.807, 2.05) is 44.2 Å². The van der Waals surface area contributed by atoms with E-state index < -0.39 is 6.04 Å². The third-order valence-electron chi connectivity index (χ3n) is 2.96. The molecule has 21 heavy (non-hydrogen) atoms. The summed E-state index contributed by atoms with van der Waals surface area (Å²) >= 11 is 0. The fraction of sp³-hybridized carbons (Fsp3) is 0.333. The fourth-order valence-electron chi connectivity index (χ4n) is 1.97. The molecule has 6 nitrogen and oxygen atoms in total. The summed E-state index contributed by atoms with van der Waals surface area (Å²) in [6, 6.07) is 8.95. The van der Waals surface area contributed by atoms with Crippen LogP contribution in [0.2, 0.25) is 0 Å². The first-order valence-electron chi connectivity index (χ1n) is 6.75. The van der Waals surface area contributed by atoms with E-state index in [0.717, 1.165) is 5.39 Å². The van der Waals surface area contributed by atoms with Gasteiger partial charge in [-0.25, -0.2) is 0 Å². The fourth-order valence-corrected chi connectivity index (χ4v) is 1.97. The van der Waals surface area contributed by atoms with Crippen molar-refractivity contribution in [2.45, 2.75) is 32.9 Å². The third kappa shape index (κ3) is 3.26. The minimum absolute atomic E-state index is 0.0597. The van der Waals surface area contributed by atoms with Crippen LogP contribution in [0.15, 0.2) is 24.3 Å². The number of hydrogen-bond acceptors (Lipinski definition) is 5. The monoisotopic (exact) mass is 283 g/mol. The number of carbonyl (C=O) groups is 1. The predicted octanol–water partition coefficient (Wildman–Crippen LogP) is 1.83. The molecule has 108 valence electrons. The zero-order chi connectivity index (χ0) is 15.4. The van der Waals surface area contributed by atoms with Gasteiger partial charge in [-0.2, -0.15) is 5.26 Å². The molecule has 1 atom stereocenters. The Morgan fingerprint density at radius 1 is 1.24 bits per heavy atom. The molecule has 0 aliphatic rings. The normalized spacial score (nSPS) is 12.0. The van der Waals surface area contributed by atoms with E-state index in [1.54, 1.807) is 6.92 Å². The van der Waals surface area contributed by atoms with E-state index >= 15 is 0 Å². The lowest BCUT2D eigenvalue weighted by Gasteiger charge is -2.18. The highest BCUT2D eigenvalue weighted by Gasteiger charge is 2.17. The zero-order valence-electron chi connectivity index (χ0n) is 12.2. The average Bonchev–Trinajstić information content (AvgIpc) is 2.46. The van der Waals surface area contributed by atoms with Gasteiger partial charge < -0.3 is 10.6 Å². The summed E-state index contributed by atoms with van der Waals surface area (Å²) in [6.45, 7) is 5.54. The number of aromatic nitrogens is 2. The molecule has 6 heteroatoms. The van der Waals surface area contributed by atoms with Crippen LogP contribution in [0.25, 0.3) is 10.9 Å². The number of amides is 1. The first-order chi connectivity index (χ1) is 10.0. The van der Waals surface area contributed by atoms with Crippen LogP contribution in [0.4, 0.5) is 5.69 Å². The number of carbonyl (C=O) groups excluding carboxylic acids is 1. The van der Waals surface area contributed by atoms with E-state index in [9.17, 15) is 10.1 Å². The number of anilines is 1. The van der Waals surface area contributed by atoms with Crippen LogP contribution in [0.1, 0.15) is 26.5 Å². The van der Waals surface area contributed by atoms with Gasteiger partial charge in [0, 0.05) is 11.4 Å². The Morgan fingerprint density at radius 2 is 1.95 bits per heavy atom. The number of nitriles is 1. The van der Waals surface area contributed by atoms with Crippen molar-refractivity contribution in [3.05, 3.63) is 30.0 Å². The molecular weight excluding hydrogens is 266 g/mol. The third-order valence-corrected chi connectivity index (χ3v) is 2.96. The second-order valence-electron chi connectivity index (χ2n) is 5.08. The Bertz CT molecular complexity index is 705. The quantitative estimate of drug-likeness (QED) is 0.893. The first kappa shape index (κ1) is 14.7. The van der Waals surface area contributed by atoms with Crippen molar-refractivity contribution >= 4 is 22.5 Å². The lowest BCUT2D eigenvalue weighted by Crippen LogP contribution is -2.41. The molecule has 1 amide bonds. The molecule has 1 aromatic carbocycles. The van der Waals surface area contributed by atoms with Crippen molar-refractivity contribution < 1.29 is 4.79 Å². The van der Waals surface area contributed by atoms with Crippen molar-refractivity contribution in [1.82, 2.24) is 15.5 Å². The van der Waals surface area contributed by atoms with Crippen LogP contribution in [0.5, 0.6) is 0 Å². The topological polar surface area (TPSA) is 90.7 Å². The molecule has 0 radical (unpaired) electrons. The summed E-state index contributed by atoms with van der Waals surface area (Å²) < 4.78 is 0. The second-order valence-corrected chi connectivity index (χ2v) is 5.08. The number of rotatable bonds is 4. The van der Waals surface area contributed by atoms with Gasteiger partial charge in [-0.1, -0.05) is 18.2 Å². The molecule has 0 spiro atoms. The van der Waals surface area contributed by atoms with Crippen molar-refractivity contribution in [3.63, 3.8) is 0 Å². The van der Waals surface area contributed by atoms with E-state index in [2.05, 4.69) is 20.8 Å². The number of fused-ring (bicyclic) bond motifs is 1. The number of nitrogens with one attached hydrogen (secondary N) is 2. The van der Waals surface area contributed by atoms with Crippen LogP contribution >= 0.6 is 0 Å². The van der Waals surface area contributed by atoms with Gasteiger partial charge in [0.25, 0.3) is 0 Å². The van der Waals surface area contributed by atoms with Crippen molar-refractivity contribution in [1.29, 1.82) is 5.26 Å². The summed E-state index contributed by atoms with van der Waals surface area (Å²) in [7, 11) is 0. The number of hydrogen-bond donors (Lipinski definition) is 2. The van der Waals surface area contributed by atoms with Gasteiger partial charge in [0.2, 0.25) is 5.91 Å². The summed E-state index contributed by atoms with van der Waals surface area (Å²) in [6.07, 6.45) is 0. The highest BCUT2D eigenvalue weighted by molar-refractivity contribution is 5.95. The van der Waals surface area contributed by atoms with Gasteiger partial charge in [-0.15, -0.1) is 10.2 Å². The molecule has 0 aliphatic heterocycles. The van der Waals surface area contributed by atoms with E-state index in [0.29, 0.717) is 11.2 Å². The molecule has 1 aromatic heterocycles. The van der Waals surface area contributed by atoms with Crippen LogP contribution in [-0.4, -0.2) is 28.2 Å². The number of nitrogens with zero attached hydrogens (tertiary/aromatic N) is 3. The number of benzene rings is 1. The van der Waals surface area contributed by atoms with Gasteiger partial charge in [0.1, 0.15) is 12.1 Å². The molecule has 2 aromatic rings. The Labute approximate surface area is 123 Å².